The standard InChI is InChI=1S/C8H7NO3/c1-12-8(11)7-2-6(5-10)3-9-4-7/h2-5H,1H3. The Kier molecular flexibility index (Phi) is 2.53. The van der Waals surface area contributed by atoms with Gasteiger partial charge in [-0.25, -0.2) is 4.79 Å². The second-order valence-corrected chi connectivity index (χ2v) is 2.12. The third-order valence-corrected chi connectivity index (χ3v) is 1.32. The van der Waals surface area contributed by atoms with E-state index >= 15 is 0 Å². The zero-order valence-electron chi connectivity index (χ0n) is 6.48. The molecule has 0 radical (unpaired) electrons. The molecule has 0 aromatic carbocycles. The van der Waals surface area contributed by atoms with Crippen LogP contribution >= 0.6 is 0 Å². The highest BCUT2D eigenvalue weighted by Gasteiger charge is 2.05. The van der Waals surface area contributed by atoms with Crippen molar-refractivity contribution < 1.29 is 14.3 Å². The molecule has 4 heteroatoms. The number of hydrogen-bond donors (Lipinski definition) is 0. The Bertz CT molecular complexity index is 309. The summed E-state index contributed by atoms with van der Waals surface area (Å²) >= 11 is 0. The SMILES string of the molecule is COC(=O)c1cncc(C=O)c1. The van der Waals surface area contributed by atoms with Gasteiger partial charge in [-0.1, -0.05) is 0 Å². The summed E-state index contributed by atoms with van der Waals surface area (Å²) in [5.74, 6) is -0.494. The lowest BCUT2D eigenvalue weighted by atomic mass is 10.2. The van der Waals surface area contributed by atoms with Crippen LogP contribution in [0.5, 0.6) is 0 Å². The molecule has 0 saturated heterocycles. The highest BCUT2D eigenvalue weighted by Crippen LogP contribution is 2.01. The zero-order valence-corrected chi connectivity index (χ0v) is 6.48. The molecule has 1 rings (SSSR count). The first-order valence-electron chi connectivity index (χ1n) is 3.26. The van der Waals surface area contributed by atoms with Crippen LogP contribution < -0.4 is 0 Å². The molecule has 0 amide bonds. The monoisotopic (exact) mass is 165 g/mol. The highest BCUT2D eigenvalue weighted by molar-refractivity contribution is 5.90. The second-order valence-electron chi connectivity index (χ2n) is 2.12. The average molecular weight is 165 g/mol. The van der Waals surface area contributed by atoms with Crippen LogP contribution in [0.3, 0.4) is 0 Å². The van der Waals surface area contributed by atoms with Crippen molar-refractivity contribution in [3.63, 3.8) is 0 Å². The van der Waals surface area contributed by atoms with Crippen LogP contribution in [0.1, 0.15) is 20.7 Å². The minimum atomic E-state index is -0.494. The molecule has 0 bridgehead atoms. The number of hydrogen-bond acceptors (Lipinski definition) is 4. The topological polar surface area (TPSA) is 56.3 Å². The Balaban J connectivity index is 3.01. The van der Waals surface area contributed by atoms with Gasteiger partial charge in [-0.2, -0.15) is 0 Å². The van der Waals surface area contributed by atoms with E-state index in [-0.39, 0.29) is 5.56 Å². The van der Waals surface area contributed by atoms with Crippen LogP contribution in [0, 0.1) is 0 Å². The molecule has 12 heavy (non-hydrogen) atoms. The molecule has 0 fully saturated rings. The summed E-state index contributed by atoms with van der Waals surface area (Å²) in [6, 6.07) is 1.42. The maximum absolute atomic E-state index is 10.9. The van der Waals surface area contributed by atoms with Crippen molar-refractivity contribution in [1.29, 1.82) is 0 Å². The van der Waals surface area contributed by atoms with Gasteiger partial charge >= 0.3 is 5.97 Å². The lowest BCUT2D eigenvalue weighted by molar-refractivity contribution is 0.0600. The number of aldehydes is 1. The third-order valence-electron chi connectivity index (χ3n) is 1.32. The van der Waals surface area contributed by atoms with Gasteiger partial charge in [0.05, 0.1) is 12.7 Å². The van der Waals surface area contributed by atoms with Gasteiger partial charge in [0.1, 0.15) is 0 Å². The van der Waals surface area contributed by atoms with Crippen molar-refractivity contribution in [1.82, 2.24) is 4.98 Å². The summed E-state index contributed by atoms with van der Waals surface area (Å²) in [6.45, 7) is 0. The smallest absolute Gasteiger partial charge is 0.339 e. The molecule has 0 N–H and O–H groups in total. The molecule has 0 aliphatic carbocycles. The number of ether oxygens (including phenoxy) is 1. The van der Waals surface area contributed by atoms with Gasteiger partial charge in [0.2, 0.25) is 0 Å². The Morgan fingerprint density at radius 3 is 2.92 bits per heavy atom. The number of carbonyl (C=O) groups is 2. The maximum Gasteiger partial charge on any atom is 0.339 e. The Hall–Kier alpha value is -1.71. The van der Waals surface area contributed by atoms with E-state index in [9.17, 15) is 9.59 Å². The van der Waals surface area contributed by atoms with Crippen LogP contribution in [-0.4, -0.2) is 24.3 Å². The summed E-state index contributed by atoms with van der Waals surface area (Å²) in [6.07, 6.45) is 3.34. The first-order valence-corrected chi connectivity index (χ1v) is 3.26. The summed E-state index contributed by atoms with van der Waals surface area (Å²) in [4.78, 5) is 24.9. The van der Waals surface area contributed by atoms with Gasteiger partial charge in [0.25, 0.3) is 0 Å². The minimum Gasteiger partial charge on any atom is -0.465 e. The first-order chi connectivity index (χ1) is 5.77. The quantitative estimate of drug-likeness (QED) is 0.477. The molecule has 4 nitrogen and oxygen atoms in total. The molecule has 62 valence electrons. The van der Waals surface area contributed by atoms with Crippen molar-refractivity contribution in [3.05, 3.63) is 29.6 Å². The van der Waals surface area contributed by atoms with Crippen molar-refractivity contribution in [3.8, 4) is 0 Å². The molecule has 0 aliphatic rings. The molecule has 0 aliphatic heterocycles. The van der Waals surface area contributed by atoms with Crippen LogP contribution in [-0.2, 0) is 4.74 Å². The van der Waals surface area contributed by atoms with Gasteiger partial charge in [-0.15, -0.1) is 0 Å². The third kappa shape index (κ3) is 1.66. The average Bonchev–Trinajstić information content (AvgIpc) is 2.17. The molecular weight excluding hydrogens is 158 g/mol. The summed E-state index contributed by atoms with van der Waals surface area (Å²) in [5.41, 5.74) is 0.639. The van der Waals surface area contributed by atoms with E-state index in [1.165, 1.54) is 25.6 Å². The first kappa shape index (κ1) is 8.39. The lowest BCUT2D eigenvalue weighted by Gasteiger charge is -1.97. The Morgan fingerprint density at radius 2 is 2.33 bits per heavy atom. The van der Waals surface area contributed by atoms with E-state index in [1.807, 2.05) is 0 Å². The van der Waals surface area contributed by atoms with E-state index in [2.05, 4.69) is 9.72 Å². The molecule has 1 heterocycles. The van der Waals surface area contributed by atoms with Crippen molar-refractivity contribution in [2.24, 2.45) is 0 Å². The zero-order chi connectivity index (χ0) is 8.97. The number of nitrogens with zero attached hydrogens (tertiary/aromatic N) is 1. The van der Waals surface area contributed by atoms with E-state index < -0.39 is 5.97 Å². The normalized spacial score (nSPS) is 9.08. The summed E-state index contributed by atoms with van der Waals surface area (Å²) < 4.78 is 4.44. The van der Waals surface area contributed by atoms with Crippen molar-refractivity contribution in [2.45, 2.75) is 0 Å². The number of methoxy groups -OCH3 is 1. The molecule has 0 saturated carbocycles. The molecular formula is C8H7NO3. The van der Waals surface area contributed by atoms with E-state index in [0.29, 0.717) is 11.8 Å². The van der Waals surface area contributed by atoms with E-state index in [4.69, 9.17) is 0 Å². The summed E-state index contributed by atoms with van der Waals surface area (Å²) in [5, 5.41) is 0. The van der Waals surface area contributed by atoms with Crippen LogP contribution in [0.2, 0.25) is 0 Å². The fourth-order valence-electron chi connectivity index (χ4n) is 0.752. The molecule has 0 spiro atoms. The van der Waals surface area contributed by atoms with Crippen LogP contribution in [0.4, 0.5) is 0 Å². The van der Waals surface area contributed by atoms with Crippen LogP contribution in [0.15, 0.2) is 18.5 Å². The number of esters is 1. The van der Waals surface area contributed by atoms with Gasteiger partial charge in [0, 0.05) is 18.0 Å². The van der Waals surface area contributed by atoms with Gasteiger partial charge in [-0.05, 0) is 6.07 Å². The summed E-state index contributed by atoms with van der Waals surface area (Å²) in [7, 11) is 1.27. The highest BCUT2D eigenvalue weighted by atomic mass is 16.5. The number of carbonyl (C=O) groups excluding carboxylic acids is 2. The Labute approximate surface area is 69.2 Å². The largest absolute Gasteiger partial charge is 0.465 e. The van der Waals surface area contributed by atoms with E-state index in [1.54, 1.807) is 0 Å². The molecule has 0 atom stereocenters. The molecule has 1 aromatic rings. The molecule has 0 unspecified atom stereocenters. The van der Waals surface area contributed by atoms with Crippen molar-refractivity contribution >= 4 is 12.3 Å². The maximum atomic E-state index is 10.9. The number of rotatable bonds is 2. The second kappa shape index (κ2) is 3.61. The van der Waals surface area contributed by atoms with Gasteiger partial charge in [-0.3, -0.25) is 9.78 Å². The fourth-order valence-corrected chi connectivity index (χ4v) is 0.752. The van der Waals surface area contributed by atoms with Crippen molar-refractivity contribution in [2.75, 3.05) is 7.11 Å². The Morgan fingerprint density at radius 1 is 1.58 bits per heavy atom. The minimum absolute atomic E-state index is 0.280. The van der Waals surface area contributed by atoms with Gasteiger partial charge in [0.15, 0.2) is 6.29 Å². The van der Waals surface area contributed by atoms with Gasteiger partial charge < -0.3 is 4.74 Å². The van der Waals surface area contributed by atoms with Crippen LogP contribution in [0.25, 0.3) is 0 Å². The lowest BCUT2D eigenvalue weighted by Crippen LogP contribution is -2.02. The van der Waals surface area contributed by atoms with E-state index in [0.717, 1.165) is 0 Å². The number of pyridine rings is 1. The molecule has 1 aromatic heterocycles. The predicted molar refractivity (Wildman–Crippen MR) is 41.0 cm³/mol. The predicted octanol–water partition coefficient (Wildman–Crippen LogP) is 0.681. The number of aromatic nitrogens is 1. The fraction of sp³-hybridized carbons (Fsp3) is 0.125.